The van der Waals surface area contributed by atoms with Crippen molar-refractivity contribution in [3.63, 3.8) is 0 Å². The lowest BCUT2D eigenvalue weighted by molar-refractivity contribution is 1.18. The van der Waals surface area contributed by atoms with Gasteiger partial charge in [-0.05, 0) is 239 Å². The maximum atomic E-state index is 2.41. The second-order valence-electron chi connectivity index (χ2n) is 29.2. The van der Waals surface area contributed by atoms with Crippen LogP contribution < -0.4 is 9.80 Å². The van der Waals surface area contributed by atoms with Gasteiger partial charge in [-0.3, -0.25) is 0 Å². The van der Waals surface area contributed by atoms with Crippen molar-refractivity contribution in [2.45, 2.75) is 13.8 Å². The van der Waals surface area contributed by atoms with Crippen LogP contribution in [0.1, 0.15) is 11.1 Å². The number of anilines is 6. The number of rotatable bonds is 13. The molecule has 0 saturated heterocycles. The average molecular weight is 1430 g/mol. The summed E-state index contributed by atoms with van der Waals surface area (Å²) in [6.07, 6.45) is 0. The number of hydrogen-bond donors (Lipinski definition) is 0. The summed E-state index contributed by atoms with van der Waals surface area (Å²) in [7, 11) is 0. The molecule has 0 bridgehead atoms. The molecule has 0 radical (unpaired) electrons. The molecule has 112 heavy (non-hydrogen) atoms. The summed E-state index contributed by atoms with van der Waals surface area (Å²) in [6, 6.07) is 155. The van der Waals surface area contributed by atoms with E-state index in [1.807, 2.05) is 0 Å². The summed E-state index contributed by atoms with van der Waals surface area (Å²) in [5, 5.41) is 15.0. The summed E-state index contributed by atoms with van der Waals surface area (Å²) in [4.78, 5) is 4.70. The summed E-state index contributed by atoms with van der Waals surface area (Å²) in [5.74, 6) is 0. The van der Waals surface area contributed by atoms with E-state index < -0.39 is 0 Å². The fourth-order valence-electron chi connectivity index (χ4n) is 17.4. The molecule has 528 valence electrons. The third-order valence-corrected chi connectivity index (χ3v) is 22.4. The molecule has 0 saturated carbocycles. The van der Waals surface area contributed by atoms with Crippen LogP contribution in [0.3, 0.4) is 0 Å². The van der Waals surface area contributed by atoms with Crippen molar-refractivity contribution in [2.75, 3.05) is 9.80 Å². The van der Waals surface area contributed by atoms with E-state index >= 15 is 0 Å². The Balaban J connectivity index is 0.000000147. The second kappa shape index (κ2) is 28.5. The third kappa shape index (κ3) is 11.9. The van der Waals surface area contributed by atoms with E-state index in [2.05, 4.69) is 457 Å². The standard InChI is InChI=1S/C57H40N2.C51H36N2/c1-39-15-14-20-46(37-39)58(44-18-6-3-7-19-44)47-35-36-55-53(38-47)48-21-12-13-26-54(48)59(55)45-33-31-43(32-34-45)57-51-24-10-8-22-49(51)56(50-23-9-11-25-52(50)57)42-29-27-41(28-30-42)40-16-4-2-5-17-40;1-35-24-28-39(29-25-35)52(38-16-6-3-7-17-38)41-32-33-49-47(34-41)42-18-12-13-23-48(42)53(49)40-30-26-37(27-31-40)51-45-21-10-8-19-43(45)50(36-14-4-2-5-15-36)44-20-9-11-22-46(44)51/h2-38H,1H3;2-34H,1H3. The van der Waals surface area contributed by atoms with Gasteiger partial charge in [0.1, 0.15) is 0 Å². The molecule has 19 aromatic carbocycles. The lowest BCUT2D eigenvalue weighted by Crippen LogP contribution is -2.09. The number of fused-ring (bicyclic) bond motifs is 10. The normalized spacial score (nSPS) is 11.5. The van der Waals surface area contributed by atoms with Gasteiger partial charge in [-0.2, -0.15) is 0 Å². The van der Waals surface area contributed by atoms with E-state index in [1.165, 1.54) is 153 Å². The van der Waals surface area contributed by atoms with Crippen molar-refractivity contribution in [1.29, 1.82) is 0 Å². The van der Waals surface area contributed by atoms with Crippen molar-refractivity contribution in [3.8, 4) is 67.0 Å². The van der Waals surface area contributed by atoms with E-state index in [-0.39, 0.29) is 0 Å². The smallest absolute Gasteiger partial charge is 0.0542 e. The summed E-state index contributed by atoms with van der Waals surface area (Å²) < 4.78 is 4.82. The highest BCUT2D eigenvalue weighted by Gasteiger charge is 2.24. The molecule has 4 heteroatoms. The van der Waals surface area contributed by atoms with Gasteiger partial charge >= 0.3 is 0 Å². The molecule has 0 spiro atoms. The van der Waals surface area contributed by atoms with Gasteiger partial charge in [-0.25, -0.2) is 0 Å². The van der Waals surface area contributed by atoms with Crippen LogP contribution in [-0.2, 0) is 0 Å². The van der Waals surface area contributed by atoms with E-state index in [9.17, 15) is 0 Å². The molecule has 0 amide bonds. The Morgan fingerprint density at radius 3 is 0.804 bits per heavy atom. The van der Waals surface area contributed by atoms with Crippen LogP contribution in [-0.4, -0.2) is 9.13 Å². The van der Waals surface area contributed by atoms with E-state index in [1.54, 1.807) is 0 Å². The minimum atomic E-state index is 1.13. The first-order valence-corrected chi connectivity index (χ1v) is 38.6. The van der Waals surface area contributed by atoms with E-state index in [0.29, 0.717) is 0 Å². The maximum absolute atomic E-state index is 2.41. The summed E-state index contributed by atoms with van der Waals surface area (Å²) in [5.41, 5.74) is 28.7. The Bertz CT molecular complexity index is 6970. The van der Waals surface area contributed by atoms with Crippen LogP contribution >= 0.6 is 0 Å². The molecule has 0 aliphatic carbocycles. The van der Waals surface area contributed by atoms with Gasteiger partial charge in [-0.1, -0.05) is 309 Å². The van der Waals surface area contributed by atoms with Gasteiger partial charge in [0.15, 0.2) is 0 Å². The highest BCUT2D eigenvalue weighted by atomic mass is 15.1. The topological polar surface area (TPSA) is 16.3 Å². The molecule has 0 aliphatic heterocycles. The maximum Gasteiger partial charge on any atom is 0.0542 e. The summed E-state index contributed by atoms with van der Waals surface area (Å²) in [6.45, 7) is 4.29. The molecule has 0 unspecified atom stereocenters. The molecule has 21 rings (SSSR count). The van der Waals surface area contributed by atoms with Crippen molar-refractivity contribution in [1.82, 2.24) is 9.13 Å². The number of hydrogen-bond acceptors (Lipinski definition) is 2. The molecule has 4 nitrogen and oxygen atoms in total. The van der Waals surface area contributed by atoms with Crippen LogP contribution in [0.15, 0.2) is 425 Å². The van der Waals surface area contributed by atoms with Crippen molar-refractivity contribution >= 4 is 121 Å². The predicted octanol–water partition coefficient (Wildman–Crippen LogP) is 30.1. The Morgan fingerprint density at radius 2 is 0.420 bits per heavy atom. The largest absolute Gasteiger partial charge is 0.310 e. The number of benzene rings is 19. The quantitative estimate of drug-likeness (QED) is 0.107. The number of nitrogens with zero attached hydrogens (tertiary/aromatic N) is 4. The minimum absolute atomic E-state index is 1.13. The zero-order valence-electron chi connectivity index (χ0n) is 62.2. The number of aromatic nitrogens is 2. The molecule has 0 aliphatic rings. The molecule has 0 N–H and O–H groups in total. The van der Waals surface area contributed by atoms with Crippen molar-refractivity contribution in [2.24, 2.45) is 0 Å². The van der Waals surface area contributed by atoms with Gasteiger partial charge in [0.2, 0.25) is 0 Å². The number of para-hydroxylation sites is 4. The lowest BCUT2D eigenvalue weighted by atomic mass is 9.85. The highest BCUT2D eigenvalue weighted by Crippen LogP contribution is 2.49. The average Bonchev–Trinajstić information content (AvgIpc) is 1.28. The monoisotopic (exact) mass is 1430 g/mol. The zero-order chi connectivity index (χ0) is 74.6. The SMILES string of the molecule is Cc1ccc(N(c2ccccc2)c2ccc3c(c2)c2ccccc2n3-c2ccc(-c3c4ccccc4c(-c4ccccc4)c4ccccc34)cc2)cc1.Cc1cccc(N(c2ccccc2)c2ccc3c(c2)c2ccccc2n3-c2ccc(-c3c4ccccc4c(-c4ccc(-c5ccccc5)cc4)c4ccccc34)cc2)c1. The number of aryl methyl sites for hydroxylation is 2. The zero-order valence-corrected chi connectivity index (χ0v) is 62.2. The van der Waals surface area contributed by atoms with Crippen LogP contribution in [0.25, 0.3) is 154 Å². The molecular weight excluding hydrogens is 1350 g/mol. The highest BCUT2D eigenvalue weighted by molar-refractivity contribution is 6.23. The Morgan fingerprint density at radius 1 is 0.161 bits per heavy atom. The third-order valence-electron chi connectivity index (χ3n) is 22.4. The van der Waals surface area contributed by atoms with Gasteiger partial charge < -0.3 is 18.9 Å². The molecule has 0 atom stereocenters. The van der Waals surface area contributed by atoms with Crippen molar-refractivity contribution < 1.29 is 0 Å². The van der Waals surface area contributed by atoms with E-state index in [4.69, 9.17) is 0 Å². The summed E-state index contributed by atoms with van der Waals surface area (Å²) >= 11 is 0. The van der Waals surface area contributed by atoms with Crippen molar-refractivity contribution in [3.05, 3.63) is 436 Å². The van der Waals surface area contributed by atoms with Gasteiger partial charge in [0.25, 0.3) is 0 Å². The Hall–Kier alpha value is -14.6. The molecular formula is C108H76N4. The minimum Gasteiger partial charge on any atom is -0.310 e. The molecule has 0 fully saturated rings. The molecule has 2 heterocycles. The Labute approximate surface area is 652 Å². The first kappa shape index (κ1) is 66.8. The van der Waals surface area contributed by atoms with Gasteiger partial charge in [-0.15, -0.1) is 0 Å². The van der Waals surface area contributed by atoms with Crippen LogP contribution in [0.2, 0.25) is 0 Å². The van der Waals surface area contributed by atoms with Gasteiger partial charge in [0, 0.05) is 67.0 Å². The van der Waals surface area contributed by atoms with E-state index in [0.717, 1.165) is 45.5 Å². The Kier molecular flexibility index (Phi) is 17.0. The van der Waals surface area contributed by atoms with Crippen LogP contribution in [0.5, 0.6) is 0 Å². The molecule has 2 aromatic heterocycles. The fourth-order valence-corrected chi connectivity index (χ4v) is 17.4. The molecule has 21 aromatic rings. The lowest BCUT2D eigenvalue weighted by Gasteiger charge is -2.26. The van der Waals surface area contributed by atoms with Gasteiger partial charge in [0.05, 0.1) is 22.1 Å². The fraction of sp³-hybridized carbons (Fsp3) is 0.0185. The second-order valence-corrected chi connectivity index (χ2v) is 29.2. The van der Waals surface area contributed by atoms with Crippen LogP contribution in [0, 0.1) is 13.8 Å². The first-order chi connectivity index (χ1) is 55.4. The predicted molar refractivity (Wildman–Crippen MR) is 478 cm³/mol. The first-order valence-electron chi connectivity index (χ1n) is 38.6. The van der Waals surface area contributed by atoms with Crippen LogP contribution in [0.4, 0.5) is 34.1 Å².